The van der Waals surface area contributed by atoms with Crippen LogP contribution >= 0.6 is 6.46 Å². The minimum atomic E-state index is -3.38. The van der Waals surface area contributed by atoms with Crippen LogP contribution in [0.3, 0.4) is 0 Å². The molecule has 3 aromatic carbocycles. The molecule has 0 atom stereocenters. The lowest BCUT2D eigenvalue weighted by molar-refractivity contribution is 0.608. The second kappa shape index (κ2) is 7.51. The molecule has 0 aliphatic carbocycles. The molecule has 0 unspecified atom stereocenters. The van der Waals surface area contributed by atoms with Crippen molar-refractivity contribution in [2.24, 2.45) is 0 Å². The molecular formula is C21H22O2PS+. The highest BCUT2D eigenvalue weighted by Gasteiger charge is 2.56. The molecule has 0 aliphatic rings. The molecular weight excluding hydrogens is 347 g/mol. The summed E-state index contributed by atoms with van der Waals surface area (Å²) in [6, 6.07) is 29.1. The van der Waals surface area contributed by atoms with E-state index in [9.17, 15) is 8.42 Å². The predicted molar refractivity (Wildman–Crippen MR) is 109 cm³/mol. The Morgan fingerprint density at radius 3 is 1.24 bits per heavy atom. The lowest BCUT2D eigenvalue weighted by Gasteiger charge is -2.26. The molecule has 3 aromatic rings. The summed E-state index contributed by atoms with van der Waals surface area (Å²) in [7, 11) is -3.38. The normalized spacial score (nSPS) is 12.0. The molecule has 25 heavy (non-hydrogen) atoms. The summed E-state index contributed by atoms with van der Waals surface area (Å²) >= 11 is 0. The third-order valence-corrected chi connectivity index (χ3v) is 14.0. The van der Waals surface area contributed by atoms with Crippen molar-refractivity contribution in [2.45, 2.75) is 13.3 Å². The molecule has 0 amide bonds. The molecule has 0 fully saturated rings. The Morgan fingerprint density at radius 1 is 0.640 bits per heavy atom. The molecule has 2 nitrogen and oxygen atoms in total. The van der Waals surface area contributed by atoms with E-state index in [1.54, 1.807) is 0 Å². The zero-order valence-electron chi connectivity index (χ0n) is 14.2. The Morgan fingerprint density at radius 2 is 0.960 bits per heavy atom. The van der Waals surface area contributed by atoms with Crippen molar-refractivity contribution in [3.63, 3.8) is 0 Å². The number of benzene rings is 3. The average Bonchev–Trinajstić information content (AvgIpc) is 2.65. The highest BCUT2D eigenvalue weighted by atomic mass is 32.8. The third kappa shape index (κ3) is 3.15. The van der Waals surface area contributed by atoms with Gasteiger partial charge in [0.25, 0.3) is 9.46 Å². The first kappa shape index (κ1) is 17.8. The first-order valence-corrected chi connectivity index (χ1v) is 12.5. The SMILES string of the molecule is CCCS(=O)(=O)[P+](c1ccccc1)(c1ccccc1)c1ccccc1. The van der Waals surface area contributed by atoms with Gasteiger partial charge in [-0.25, -0.2) is 0 Å². The second-order valence-electron chi connectivity index (χ2n) is 5.90. The van der Waals surface area contributed by atoms with Crippen LogP contribution in [0.1, 0.15) is 13.3 Å². The minimum absolute atomic E-state index is 0.180. The van der Waals surface area contributed by atoms with E-state index < -0.39 is 15.9 Å². The summed E-state index contributed by atoms with van der Waals surface area (Å²) in [5.74, 6) is 0.180. The van der Waals surface area contributed by atoms with E-state index in [4.69, 9.17) is 0 Å². The van der Waals surface area contributed by atoms with Gasteiger partial charge in [0.1, 0.15) is 15.9 Å². The van der Waals surface area contributed by atoms with Crippen molar-refractivity contribution in [2.75, 3.05) is 5.75 Å². The molecule has 0 radical (unpaired) electrons. The van der Waals surface area contributed by atoms with Gasteiger partial charge in [0.15, 0.2) is 0 Å². The van der Waals surface area contributed by atoms with Gasteiger partial charge >= 0.3 is 0 Å². The van der Waals surface area contributed by atoms with E-state index in [2.05, 4.69) is 0 Å². The standard InChI is InChI=1S/C21H22O2PS/c1-2-18-25(22,23)24(19-12-6-3-7-13-19,20-14-8-4-9-15-20)21-16-10-5-11-17-21/h3-17H,2,18H2,1H3/q+1. The monoisotopic (exact) mass is 369 g/mol. The van der Waals surface area contributed by atoms with Crippen molar-refractivity contribution in [3.05, 3.63) is 91.0 Å². The zero-order valence-corrected chi connectivity index (χ0v) is 16.0. The van der Waals surface area contributed by atoms with Gasteiger partial charge in [-0.1, -0.05) is 61.5 Å². The molecule has 0 heterocycles. The topological polar surface area (TPSA) is 34.1 Å². The molecule has 4 heteroatoms. The average molecular weight is 369 g/mol. The van der Waals surface area contributed by atoms with Gasteiger partial charge < -0.3 is 0 Å². The van der Waals surface area contributed by atoms with E-state index in [1.807, 2.05) is 97.9 Å². The summed E-state index contributed by atoms with van der Waals surface area (Å²) in [4.78, 5) is 0. The highest BCUT2D eigenvalue weighted by Crippen LogP contribution is 2.61. The quantitative estimate of drug-likeness (QED) is 0.621. The second-order valence-corrected chi connectivity index (χ2v) is 13.6. The van der Waals surface area contributed by atoms with Gasteiger partial charge in [-0.3, -0.25) is 0 Å². The Balaban J connectivity index is 2.45. The first-order valence-electron chi connectivity index (χ1n) is 8.41. The molecule has 0 aromatic heterocycles. The summed E-state index contributed by atoms with van der Waals surface area (Å²) in [5, 5.41) is 2.67. The van der Waals surface area contributed by atoms with Crippen LogP contribution in [0.4, 0.5) is 0 Å². The van der Waals surface area contributed by atoms with Crippen molar-refractivity contribution in [1.29, 1.82) is 0 Å². The molecule has 0 spiro atoms. The lowest BCUT2D eigenvalue weighted by atomic mass is 10.4. The van der Waals surface area contributed by atoms with E-state index in [-0.39, 0.29) is 5.75 Å². The largest absolute Gasteiger partial charge is 0.270 e. The van der Waals surface area contributed by atoms with Gasteiger partial charge in [-0.15, -0.1) is 0 Å². The van der Waals surface area contributed by atoms with Crippen LogP contribution in [0.2, 0.25) is 0 Å². The molecule has 0 saturated heterocycles. The van der Waals surface area contributed by atoms with Crippen molar-refractivity contribution >= 4 is 31.8 Å². The zero-order chi connectivity index (χ0) is 17.8. The van der Waals surface area contributed by atoms with Crippen LogP contribution in [0.5, 0.6) is 0 Å². The van der Waals surface area contributed by atoms with Gasteiger partial charge in [0, 0.05) is 0 Å². The van der Waals surface area contributed by atoms with Gasteiger partial charge in [-0.05, 0) is 42.8 Å². The lowest BCUT2D eigenvalue weighted by Crippen LogP contribution is -2.37. The molecule has 128 valence electrons. The van der Waals surface area contributed by atoms with Crippen molar-refractivity contribution in [1.82, 2.24) is 0 Å². The molecule has 0 saturated carbocycles. The number of hydrogen-bond acceptors (Lipinski definition) is 2. The van der Waals surface area contributed by atoms with Gasteiger partial charge in [0.2, 0.25) is 6.46 Å². The smallest absolute Gasteiger partial charge is 0.188 e. The third-order valence-electron chi connectivity index (χ3n) is 4.24. The van der Waals surface area contributed by atoms with Gasteiger partial charge in [0.05, 0.1) is 5.75 Å². The van der Waals surface area contributed by atoms with Crippen LogP contribution in [0.15, 0.2) is 91.0 Å². The van der Waals surface area contributed by atoms with Crippen LogP contribution in [0, 0.1) is 0 Å². The maximum absolute atomic E-state index is 13.7. The fraction of sp³-hybridized carbons (Fsp3) is 0.143. The van der Waals surface area contributed by atoms with Crippen LogP contribution in [0.25, 0.3) is 0 Å². The van der Waals surface area contributed by atoms with E-state index in [1.165, 1.54) is 0 Å². The fourth-order valence-electron chi connectivity index (χ4n) is 3.24. The van der Waals surface area contributed by atoms with Crippen LogP contribution in [-0.2, 0) is 9.46 Å². The maximum atomic E-state index is 13.7. The minimum Gasteiger partial charge on any atom is -0.188 e. The highest BCUT2D eigenvalue weighted by molar-refractivity contribution is 8.64. The number of hydrogen-bond donors (Lipinski definition) is 0. The Kier molecular flexibility index (Phi) is 5.36. The molecule has 0 N–H and O–H groups in total. The van der Waals surface area contributed by atoms with Gasteiger partial charge in [-0.2, -0.15) is 8.42 Å². The Labute approximate surface area is 150 Å². The van der Waals surface area contributed by atoms with Crippen LogP contribution < -0.4 is 15.9 Å². The summed E-state index contributed by atoms with van der Waals surface area (Å²) in [6.07, 6.45) is 0.608. The Hall–Kier alpha value is -1.96. The van der Waals surface area contributed by atoms with Crippen molar-refractivity contribution in [3.8, 4) is 0 Å². The summed E-state index contributed by atoms with van der Waals surface area (Å²) in [6.45, 7) is -0.877. The van der Waals surface area contributed by atoms with E-state index in [0.717, 1.165) is 15.9 Å². The molecule has 3 rings (SSSR count). The predicted octanol–water partition coefficient (Wildman–Crippen LogP) is 3.72. The first-order chi connectivity index (χ1) is 12.1. The van der Waals surface area contributed by atoms with Crippen LogP contribution in [-0.4, -0.2) is 14.2 Å². The Bertz CT molecular complexity index is 811. The van der Waals surface area contributed by atoms with Crippen molar-refractivity contribution < 1.29 is 8.42 Å². The summed E-state index contributed by atoms with van der Waals surface area (Å²) in [5.41, 5.74) is 0. The summed E-state index contributed by atoms with van der Waals surface area (Å²) < 4.78 is 27.4. The van der Waals surface area contributed by atoms with E-state index >= 15 is 0 Å². The fourth-order valence-corrected chi connectivity index (χ4v) is 13.0. The van der Waals surface area contributed by atoms with E-state index in [0.29, 0.717) is 6.42 Å². The molecule has 0 bridgehead atoms. The maximum Gasteiger partial charge on any atom is 0.270 e. The molecule has 0 aliphatic heterocycles. The number of rotatable bonds is 6.